The molecular weight excluding hydrogens is 244 g/mol. The Kier molecular flexibility index (Phi) is 3.34. The number of carbonyl (C=O) groups is 1. The Labute approximate surface area is 113 Å². The molecule has 1 amide bonds. The molecule has 0 atom stereocenters. The highest BCUT2D eigenvalue weighted by atomic mass is 16.6. The van der Waals surface area contributed by atoms with Crippen LogP contribution in [0.3, 0.4) is 0 Å². The van der Waals surface area contributed by atoms with E-state index < -0.39 is 5.60 Å². The van der Waals surface area contributed by atoms with Crippen LogP contribution in [0.25, 0.3) is 0 Å². The Morgan fingerprint density at radius 3 is 2.68 bits per heavy atom. The van der Waals surface area contributed by atoms with E-state index in [0.29, 0.717) is 31.2 Å². The molecule has 19 heavy (non-hydrogen) atoms. The van der Waals surface area contributed by atoms with E-state index in [1.807, 2.05) is 20.8 Å². The Balaban J connectivity index is 2.16. The van der Waals surface area contributed by atoms with Crippen molar-refractivity contribution in [2.45, 2.75) is 46.3 Å². The third kappa shape index (κ3) is 3.13. The van der Waals surface area contributed by atoms with Gasteiger partial charge in [-0.15, -0.1) is 0 Å². The van der Waals surface area contributed by atoms with Crippen molar-refractivity contribution >= 4 is 11.9 Å². The third-order valence-corrected chi connectivity index (χ3v) is 2.86. The van der Waals surface area contributed by atoms with Gasteiger partial charge in [0, 0.05) is 12.1 Å². The van der Waals surface area contributed by atoms with Crippen LogP contribution < -0.4 is 5.73 Å². The second kappa shape index (κ2) is 4.68. The van der Waals surface area contributed by atoms with Gasteiger partial charge in [-0.25, -0.2) is 14.8 Å². The average molecular weight is 264 g/mol. The number of amides is 1. The lowest BCUT2D eigenvalue weighted by atomic mass is 10.1. The molecule has 0 radical (unpaired) electrons. The fourth-order valence-corrected chi connectivity index (χ4v) is 2.07. The van der Waals surface area contributed by atoms with Gasteiger partial charge in [0.15, 0.2) is 0 Å². The highest BCUT2D eigenvalue weighted by Gasteiger charge is 2.27. The van der Waals surface area contributed by atoms with Crippen molar-refractivity contribution in [3.05, 3.63) is 17.1 Å². The van der Waals surface area contributed by atoms with Crippen molar-refractivity contribution in [1.29, 1.82) is 0 Å². The summed E-state index contributed by atoms with van der Waals surface area (Å²) in [6, 6.07) is 0. The molecule has 0 unspecified atom stereocenters. The Hall–Kier alpha value is -1.85. The summed E-state index contributed by atoms with van der Waals surface area (Å²) in [7, 11) is 0. The fraction of sp³-hybridized carbons (Fsp3) is 0.615. The van der Waals surface area contributed by atoms with Gasteiger partial charge in [-0.05, 0) is 34.1 Å². The van der Waals surface area contributed by atoms with E-state index in [-0.39, 0.29) is 6.09 Å². The van der Waals surface area contributed by atoms with Gasteiger partial charge in [-0.1, -0.05) is 0 Å². The summed E-state index contributed by atoms with van der Waals surface area (Å²) in [6.07, 6.45) is 0.355. The van der Waals surface area contributed by atoms with Gasteiger partial charge in [0.2, 0.25) is 0 Å². The number of nitrogen functional groups attached to an aromatic ring is 1. The predicted molar refractivity (Wildman–Crippen MR) is 71.5 cm³/mol. The van der Waals surface area contributed by atoms with Crippen molar-refractivity contribution in [2.75, 3.05) is 12.3 Å². The maximum absolute atomic E-state index is 12.0. The predicted octanol–water partition coefficient (Wildman–Crippen LogP) is 1.66. The Morgan fingerprint density at radius 1 is 1.37 bits per heavy atom. The molecule has 0 saturated carbocycles. The van der Waals surface area contributed by atoms with E-state index in [1.54, 1.807) is 11.8 Å². The van der Waals surface area contributed by atoms with Gasteiger partial charge in [0.1, 0.15) is 17.2 Å². The first-order valence-electron chi connectivity index (χ1n) is 6.36. The van der Waals surface area contributed by atoms with E-state index in [2.05, 4.69) is 9.97 Å². The second-order valence-corrected chi connectivity index (χ2v) is 5.73. The number of nitrogens with two attached hydrogens (primary N) is 1. The van der Waals surface area contributed by atoms with Crippen LogP contribution in [0.2, 0.25) is 0 Å². The zero-order valence-corrected chi connectivity index (χ0v) is 11.9. The Bertz CT molecular complexity index is 508. The Morgan fingerprint density at radius 2 is 2.05 bits per heavy atom. The van der Waals surface area contributed by atoms with Crippen molar-refractivity contribution in [1.82, 2.24) is 14.9 Å². The molecule has 0 aliphatic carbocycles. The highest BCUT2D eigenvalue weighted by Crippen LogP contribution is 2.22. The molecular formula is C13H20N4O2. The minimum Gasteiger partial charge on any atom is -0.444 e. The van der Waals surface area contributed by atoms with E-state index in [4.69, 9.17) is 10.5 Å². The normalized spacial score (nSPS) is 15.1. The number of rotatable bonds is 0. The maximum Gasteiger partial charge on any atom is 0.410 e. The fourth-order valence-electron chi connectivity index (χ4n) is 2.07. The van der Waals surface area contributed by atoms with E-state index >= 15 is 0 Å². The molecule has 0 spiro atoms. The minimum absolute atomic E-state index is 0.312. The number of carbonyl (C=O) groups excluding carboxylic acids is 1. The van der Waals surface area contributed by atoms with Gasteiger partial charge in [-0.2, -0.15) is 0 Å². The SMILES string of the molecule is Cc1nc(N)c2c(n1)CN(C(=O)OC(C)(C)C)CC2. The minimum atomic E-state index is -0.488. The lowest BCUT2D eigenvalue weighted by Crippen LogP contribution is -2.40. The maximum atomic E-state index is 12.0. The molecule has 1 aliphatic heterocycles. The molecule has 1 aliphatic rings. The number of anilines is 1. The van der Waals surface area contributed by atoms with Crippen molar-refractivity contribution in [3.63, 3.8) is 0 Å². The van der Waals surface area contributed by atoms with Crippen LogP contribution in [0.1, 0.15) is 37.9 Å². The molecule has 2 N–H and O–H groups in total. The number of nitrogens with zero attached hydrogens (tertiary/aromatic N) is 3. The number of hydrogen-bond acceptors (Lipinski definition) is 5. The lowest BCUT2D eigenvalue weighted by molar-refractivity contribution is 0.0220. The van der Waals surface area contributed by atoms with E-state index in [1.165, 1.54) is 0 Å². The van der Waals surface area contributed by atoms with Crippen LogP contribution in [0.5, 0.6) is 0 Å². The molecule has 104 valence electrons. The number of fused-ring (bicyclic) bond motifs is 1. The molecule has 2 rings (SSSR count). The molecule has 0 bridgehead atoms. The standard InChI is InChI=1S/C13H20N4O2/c1-8-15-10-7-17(12(18)19-13(2,3)4)6-5-9(10)11(14)16-8/h5-7H2,1-4H3,(H2,14,15,16). The van der Waals surface area contributed by atoms with Gasteiger partial charge in [0.05, 0.1) is 12.2 Å². The molecule has 0 aromatic carbocycles. The van der Waals surface area contributed by atoms with Crippen molar-refractivity contribution < 1.29 is 9.53 Å². The van der Waals surface area contributed by atoms with Crippen LogP contribution in [0.15, 0.2) is 0 Å². The first-order chi connectivity index (χ1) is 8.76. The molecule has 1 aromatic heterocycles. The molecule has 0 fully saturated rings. The summed E-state index contributed by atoms with van der Waals surface area (Å²) in [5.41, 5.74) is 7.16. The van der Waals surface area contributed by atoms with Crippen LogP contribution >= 0.6 is 0 Å². The van der Waals surface area contributed by atoms with Crippen LogP contribution in [-0.2, 0) is 17.7 Å². The summed E-state index contributed by atoms with van der Waals surface area (Å²) in [4.78, 5) is 22.2. The van der Waals surface area contributed by atoms with Gasteiger partial charge in [-0.3, -0.25) is 0 Å². The highest BCUT2D eigenvalue weighted by molar-refractivity contribution is 5.68. The quantitative estimate of drug-likeness (QED) is 0.770. The number of aryl methyl sites for hydroxylation is 1. The monoisotopic (exact) mass is 264 g/mol. The van der Waals surface area contributed by atoms with E-state index in [0.717, 1.165) is 11.3 Å². The summed E-state index contributed by atoms with van der Waals surface area (Å²) in [5.74, 6) is 1.15. The van der Waals surface area contributed by atoms with Crippen molar-refractivity contribution in [3.8, 4) is 0 Å². The van der Waals surface area contributed by atoms with Gasteiger partial charge < -0.3 is 15.4 Å². The summed E-state index contributed by atoms with van der Waals surface area (Å²) in [6.45, 7) is 8.37. The number of aromatic nitrogens is 2. The summed E-state index contributed by atoms with van der Waals surface area (Å²) < 4.78 is 5.37. The molecule has 6 nitrogen and oxygen atoms in total. The van der Waals surface area contributed by atoms with E-state index in [9.17, 15) is 4.79 Å². The van der Waals surface area contributed by atoms with Gasteiger partial charge >= 0.3 is 6.09 Å². The van der Waals surface area contributed by atoms with Crippen LogP contribution in [0.4, 0.5) is 10.6 Å². The summed E-state index contributed by atoms with van der Waals surface area (Å²) in [5, 5.41) is 0. The van der Waals surface area contributed by atoms with Crippen LogP contribution in [0, 0.1) is 6.92 Å². The molecule has 1 aromatic rings. The van der Waals surface area contributed by atoms with Crippen LogP contribution in [-0.4, -0.2) is 33.1 Å². The first-order valence-corrected chi connectivity index (χ1v) is 6.36. The largest absolute Gasteiger partial charge is 0.444 e. The molecule has 6 heteroatoms. The molecule has 2 heterocycles. The zero-order chi connectivity index (χ0) is 14.2. The molecule has 0 saturated heterocycles. The van der Waals surface area contributed by atoms with Gasteiger partial charge in [0.25, 0.3) is 0 Å². The summed E-state index contributed by atoms with van der Waals surface area (Å²) >= 11 is 0. The number of hydrogen-bond donors (Lipinski definition) is 1. The van der Waals surface area contributed by atoms with Crippen molar-refractivity contribution in [2.24, 2.45) is 0 Å². The topological polar surface area (TPSA) is 81.3 Å². The average Bonchev–Trinajstić information content (AvgIpc) is 2.25. The second-order valence-electron chi connectivity index (χ2n) is 5.73. The smallest absolute Gasteiger partial charge is 0.410 e. The first kappa shape index (κ1) is 13.6. The third-order valence-electron chi connectivity index (χ3n) is 2.86. The zero-order valence-electron chi connectivity index (χ0n) is 11.9. The number of ether oxygens (including phenoxy) is 1. The lowest BCUT2D eigenvalue weighted by Gasteiger charge is -2.31.